The molecule has 2 heteroatoms. The zero-order valence-electron chi connectivity index (χ0n) is 11.8. The van der Waals surface area contributed by atoms with Gasteiger partial charge in [0, 0.05) is 5.69 Å². The van der Waals surface area contributed by atoms with Crippen LogP contribution in [0.5, 0.6) is 11.5 Å². The van der Waals surface area contributed by atoms with E-state index in [1.54, 1.807) is 6.20 Å². The molecule has 0 aliphatic carbocycles. The molecular formula is C16H21NO. The molecule has 0 saturated carbocycles. The fourth-order valence-electron chi connectivity index (χ4n) is 1.56. The molecular weight excluding hydrogens is 222 g/mol. The van der Waals surface area contributed by atoms with Crippen molar-refractivity contribution in [2.24, 2.45) is 0 Å². The van der Waals surface area contributed by atoms with E-state index in [0.29, 0.717) is 0 Å². The van der Waals surface area contributed by atoms with Crippen LogP contribution in [-0.4, -0.2) is 4.98 Å². The Morgan fingerprint density at radius 3 is 2.22 bits per heavy atom. The fourth-order valence-corrected chi connectivity index (χ4v) is 1.56. The molecule has 0 fully saturated rings. The van der Waals surface area contributed by atoms with Gasteiger partial charge in [-0.1, -0.05) is 31.5 Å². The number of rotatable bonds is 2. The lowest BCUT2D eigenvalue weighted by Crippen LogP contribution is -1.89. The Morgan fingerprint density at radius 1 is 0.944 bits per heavy atom. The van der Waals surface area contributed by atoms with Crippen molar-refractivity contribution >= 4 is 0 Å². The zero-order valence-corrected chi connectivity index (χ0v) is 11.8. The third-order valence-corrected chi connectivity index (χ3v) is 2.44. The average molecular weight is 243 g/mol. The summed E-state index contributed by atoms with van der Waals surface area (Å²) in [6, 6.07) is 10.0. The number of aryl methyl sites for hydroxylation is 3. The highest BCUT2D eigenvalue weighted by atomic mass is 16.5. The van der Waals surface area contributed by atoms with E-state index >= 15 is 0 Å². The molecule has 0 amide bonds. The quantitative estimate of drug-likeness (QED) is 0.754. The van der Waals surface area contributed by atoms with Gasteiger partial charge in [0.15, 0.2) is 0 Å². The summed E-state index contributed by atoms with van der Waals surface area (Å²) in [5, 5.41) is 0. The fraction of sp³-hybridized carbons (Fsp3) is 0.312. The van der Waals surface area contributed by atoms with Gasteiger partial charge < -0.3 is 4.74 Å². The average Bonchev–Trinajstić information content (AvgIpc) is 2.38. The van der Waals surface area contributed by atoms with Gasteiger partial charge >= 0.3 is 0 Å². The second-order valence-electron chi connectivity index (χ2n) is 4.01. The van der Waals surface area contributed by atoms with E-state index in [1.165, 1.54) is 5.56 Å². The minimum Gasteiger partial charge on any atom is -0.455 e. The maximum Gasteiger partial charge on any atom is 0.145 e. The molecule has 96 valence electrons. The van der Waals surface area contributed by atoms with Crippen molar-refractivity contribution in [3.05, 3.63) is 53.3 Å². The summed E-state index contributed by atoms with van der Waals surface area (Å²) < 4.78 is 5.76. The third-order valence-electron chi connectivity index (χ3n) is 2.44. The number of benzene rings is 1. The van der Waals surface area contributed by atoms with Crippen LogP contribution in [0.15, 0.2) is 36.5 Å². The second-order valence-corrected chi connectivity index (χ2v) is 4.01. The van der Waals surface area contributed by atoms with E-state index in [0.717, 1.165) is 22.8 Å². The van der Waals surface area contributed by atoms with E-state index in [1.807, 2.05) is 52.0 Å². The monoisotopic (exact) mass is 243 g/mol. The van der Waals surface area contributed by atoms with Crippen molar-refractivity contribution in [3.8, 4) is 11.5 Å². The van der Waals surface area contributed by atoms with Crippen molar-refractivity contribution in [1.29, 1.82) is 0 Å². The highest BCUT2D eigenvalue weighted by Gasteiger charge is 2.01. The van der Waals surface area contributed by atoms with Crippen LogP contribution in [0.1, 0.15) is 30.7 Å². The first kappa shape index (κ1) is 14.2. The Bertz CT molecular complexity index is 489. The molecule has 2 aromatic rings. The van der Waals surface area contributed by atoms with Crippen molar-refractivity contribution < 1.29 is 4.74 Å². The van der Waals surface area contributed by atoms with E-state index in [-0.39, 0.29) is 0 Å². The number of aromatic nitrogens is 1. The standard InChI is InChI=1S/C14H15NO.C2H6/c1-10-4-7-14(11(2)8-10)16-13-6-5-12(3)15-9-13;1-2/h4-9H,1-3H3;1-2H3. The molecule has 18 heavy (non-hydrogen) atoms. The Labute approximate surface area is 110 Å². The first-order valence-electron chi connectivity index (χ1n) is 6.33. The van der Waals surface area contributed by atoms with Crippen LogP contribution in [0.4, 0.5) is 0 Å². The van der Waals surface area contributed by atoms with E-state index in [2.05, 4.69) is 18.0 Å². The van der Waals surface area contributed by atoms with Crippen molar-refractivity contribution in [2.45, 2.75) is 34.6 Å². The van der Waals surface area contributed by atoms with Gasteiger partial charge in [-0.25, -0.2) is 0 Å². The number of pyridine rings is 1. The number of hydrogen-bond acceptors (Lipinski definition) is 2. The molecule has 0 aliphatic rings. The van der Waals surface area contributed by atoms with Crippen LogP contribution >= 0.6 is 0 Å². The van der Waals surface area contributed by atoms with Gasteiger partial charge in [-0.3, -0.25) is 4.98 Å². The van der Waals surface area contributed by atoms with Crippen LogP contribution in [0.2, 0.25) is 0 Å². The highest BCUT2D eigenvalue weighted by Crippen LogP contribution is 2.24. The SMILES string of the molecule is CC.Cc1ccc(Oc2ccc(C)nc2)c(C)c1. The predicted molar refractivity (Wildman–Crippen MR) is 76.3 cm³/mol. The molecule has 0 radical (unpaired) electrons. The van der Waals surface area contributed by atoms with Gasteiger partial charge in [0.05, 0.1) is 6.20 Å². The van der Waals surface area contributed by atoms with Crippen LogP contribution < -0.4 is 4.74 Å². The summed E-state index contributed by atoms with van der Waals surface area (Å²) in [5.41, 5.74) is 3.38. The minimum absolute atomic E-state index is 0.776. The van der Waals surface area contributed by atoms with E-state index < -0.39 is 0 Å². The minimum atomic E-state index is 0.776. The van der Waals surface area contributed by atoms with Crippen molar-refractivity contribution in [3.63, 3.8) is 0 Å². The van der Waals surface area contributed by atoms with Crippen molar-refractivity contribution in [2.75, 3.05) is 0 Å². The third kappa shape index (κ3) is 3.88. The number of ether oxygens (including phenoxy) is 1. The Morgan fingerprint density at radius 2 is 1.67 bits per heavy atom. The predicted octanol–water partition coefficient (Wildman–Crippen LogP) is 4.83. The first-order chi connectivity index (χ1) is 8.65. The van der Waals surface area contributed by atoms with Crippen LogP contribution in [-0.2, 0) is 0 Å². The summed E-state index contributed by atoms with van der Waals surface area (Å²) in [6.45, 7) is 10.1. The maximum atomic E-state index is 5.76. The Kier molecular flexibility index (Phi) is 5.37. The smallest absolute Gasteiger partial charge is 0.145 e. The molecule has 0 spiro atoms. The lowest BCUT2D eigenvalue weighted by atomic mass is 10.1. The Hall–Kier alpha value is -1.83. The number of hydrogen-bond donors (Lipinski definition) is 0. The Balaban J connectivity index is 0.000000771. The summed E-state index contributed by atoms with van der Waals surface area (Å²) in [5.74, 6) is 1.66. The highest BCUT2D eigenvalue weighted by molar-refractivity contribution is 5.38. The van der Waals surface area contributed by atoms with Crippen LogP contribution in [0.3, 0.4) is 0 Å². The first-order valence-corrected chi connectivity index (χ1v) is 6.33. The summed E-state index contributed by atoms with van der Waals surface area (Å²) in [6.07, 6.45) is 1.74. The van der Waals surface area contributed by atoms with Crippen LogP contribution in [0.25, 0.3) is 0 Å². The lowest BCUT2D eigenvalue weighted by Gasteiger charge is -2.08. The molecule has 1 aromatic heterocycles. The normalized spacial score (nSPS) is 9.39. The molecule has 2 rings (SSSR count). The van der Waals surface area contributed by atoms with E-state index in [9.17, 15) is 0 Å². The molecule has 0 unspecified atom stereocenters. The summed E-state index contributed by atoms with van der Waals surface area (Å²) in [4.78, 5) is 4.20. The summed E-state index contributed by atoms with van der Waals surface area (Å²) in [7, 11) is 0. The second kappa shape index (κ2) is 6.80. The van der Waals surface area contributed by atoms with Gasteiger partial charge in [0.1, 0.15) is 11.5 Å². The molecule has 0 aliphatic heterocycles. The largest absolute Gasteiger partial charge is 0.455 e. The molecule has 0 saturated heterocycles. The van der Waals surface area contributed by atoms with Gasteiger partial charge in [0.2, 0.25) is 0 Å². The maximum absolute atomic E-state index is 5.76. The summed E-state index contributed by atoms with van der Waals surface area (Å²) >= 11 is 0. The number of nitrogens with zero attached hydrogens (tertiary/aromatic N) is 1. The molecule has 2 nitrogen and oxygen atoms in total. The van der Waals surface area contributed by atoms with Crippen molar-refractivity contribution in [1.82, 2.24) is 4.98 Å². The molecule has 1 heterocycles. The molecule has 0 bridgehead atoms. The lowest BCUT2D eigenvalue weighted by molar-refractivity contribution is 0.476. The van der Waals surface area contributed by atoms with Crippen LogP contribution in [0, 0.1) is 20.8 Å². The molecule has 0 N–H and O–H groups in total. The van der Waals surface area contributed by atoms with E-state index in [4.69, 9.17) is 4.74 Å². The molecule has 1 aromatic carbocycles. The van der Waals surface area contributed by atoms with Gasteiger partial charge in [0.25, 0.3) is 0 Å². The zero-order chi connectivity index (χ0) is 13.5. The van der Waals surface area contributed by atoms with Gasteiger partial charge in [-0.2, -0.15) is 0 Å². The topological polar surface area (TPSA) is 22.1 Å². The van der Waals surface area contributed by atoms with Gasteiger partial charge in [-0.15, -0.1) is 0 Å². The molecule has 0 atom stereocenters. The van der Waals surface area contributed by atoms with Gasteiger partial charge in [-0.05, 0) is 44.5 Å².